The monoisotopic (exact) mass is 302 g/mol. The molecule has 0 saturated carbocycles. The van der Waals surface area contributed by atoms with Gasteiger partial charge < -0.3 is 24.8 Å². The molecule has 0 aromatic heterocycles. The van der Waals surface area contributed by atoms with Gasteiger partial charge in [-0.3, -0.25) is 0 Å². The van der Waals surface area contributed by atoms with Gasteiger partial charge in [0.15, 0.2) is 11.5 Å². The van der Waals surface area contributed by atoms with E-state index in [9.17, 15) is 4.79 Å². The SMILES string of the molecule is COc1ccccc1NC(=O)Nc1ccc(OC)c(OC)c1. The van der Waals surface area contributed by atoms with Crippen molar-refractivity contribution in [2.75, 3.05) is 32.0 Å². The van der Waals surface area contributed by atoms with Gasteiger partial charge in [-0.15, -0.1) is 0 Å². The number of nitrogens with one attached hydrogen (secondary N) is 2. The number of hydrogen-bond acceptors (Lipinski definition) is 4. The first-order valence-electron chi connectivity index (χ1n) is 6.61. The van der Waals surface area contributed by atoms with Crippen LogP contribution in [0.1, 0.15) is 0 Å². The minimum absolute atomic E-state index is 0.378. The van der Waals surface area contributed by atoms with Crippen molar-refractivity contribution in [1.29, 1.82) is 0 Å². The van der Waals surface area contributed by atoms with Gasteiger partial charge in [0.2, 0.25) is 0 Å². The Kier molecular flexibility index (Phi) is 5.08. The maximum Gasteiger partial charge on any atom is 0.323 e. The van der Waals surface area contributed by atoms with Crippen molar-refractivity contribution in [3.05, 3.63) is 42.5 Å². The van der Waals surface area contributed by atoms with Crippen molar-refractivity contribution in [2.45, 2.75) is 0 Å². The zero-order valence-corrected chi connectivity index (χ0v) is 12.7. The summed E-state index contributed by atoms with van der Waals surface area (Å²) in [6.07, 6.45) is 0. The van der Waals surface area contributed by atoms with Crippen LogP contribution in [0.2, 0.25) is 0 Å². The molecule has 0 aliphatic heterocycles. The molecule has 2 rings (SSSR count). The molecule has 0 saturated heterocycles. The largest absolute Gasteiger partial charge is 0.495 e. The van der Waals surface area contributed by atoms with Crippen molar-refractivity contribution in [3.8, 4) is 17.2 Å². The van der Waals surface area contributed by atoms with Crippen LogP contribution in [0.3, 0.4) is 0 Å². The Hall–Kier alpha value is -2.89. The predicted octanol–water partition coefficient (Wildman–Crippen LogP) is 3.36. The van der Waals surface area contributed by atoms with Gasteiger partial charge in [-0.1, -0.05) is 12.1 Å². The number of rotatable bonds is 5. The second kappa shape index (κ2) is 7.21. The maximum absolute atomic E-state index is 12.1. The van der Waals surface area contributed by atoms with Crippen molar-refractivity contribution in [3.63, 3.8) is 0 Å². The molecule has 0 aliphatic rings. The lowest BCUT2D eigenvalue weighted by Crippen LogP contribution is -2.19. The molecule has 0 aliphatic carbocycles. The van der Waals surface area contributed by atoms with Gasteiger partial charge in [0.05, 0.1) is 27.0 Å². The molecule has 2 aromatic rings. The number of anilines is 2. The fraction of sp³-hybridized carbons (Fsp3) is 0.188. The highest BCUT2D eigenvalue weighted by Crippen LogP contribution is 2.30. The molecule has 0 spiro atoms. The molecule has 0 unspecified atom stereocenters. The Morgan fingerprint density at radius 3 is 2.18 bits per heavy atom. The van der Waals surface area contributed by atoms with Crippen molar-refractivity contribution >= 4 is 17.4 Å². The first-order chi connectivity index (χ1) is 10.7. The average Bonchev–Trinajstić information content (AvgIpc) is 2.55. The third-order valence-corrected chi connectivity index (χ3v) is 3.00. The Labute approximate surface area is 129 Å². The van der Waals surface area contributed by atoms with Crippen LogP contribution in [-0.2, 0) is 0 Å². The molecule has 0 atom stereocenters. The second-order valence-electron chi connectivity index (χ2n) is 4.35. The molecule has 2 aromatic carbocycles. The Balaban J connectivity index is 2.09. The number of hydrogen-bond donors (Lipinski definition) is 2. The van der Waals surface area contributed by atoms with E-state index in [0.717, 1.165) is 0 Å². The van der Waals surface area contributed by atoms with Crippen LogP contribution in [0.4, 0.5) is 16.2 Å². The van der Waals surface area contributed by atoms with Crippen LogP contribution in [0.25, 0.3) is 0 Å². The van der Waals surface area contributed by atoms with E-state index < -0.39 is 0 Å². The van der Waals surface area contributed by atoms with Crippen LogP contribution in [0.15, 0.2) is 42.5 Å². The summed E-state index contributed by atoms with van der Waals surface area (Å²) in [5.74, 6) is 1.72. The standard InChI is InChI=1S/C16H18N2O4/c1-20-13-7-5-4-6-12(13)18-16(19)17-11-8-9-14(21-2)15(10-11)22-3/h4-10H,1-3H3,(H2,17,18,19). The summed E-state index contributed by atoms with van der Waals surface area (Å²) in [6, 6.07) is 11.9. The van der Waals surface area contributed by atoms with Gasteiger partial charge >= 0.3 is 6.03 Å². The van der Waals surface area contributed by atoms with Crippen LogP contribution in [-0.4, -0.2) is 27.4 Å². The molecular weight excluding hydrogens is 284 g/mol. The second-order valence-corrected chi connectivity index (χ2v) is 4.35. The lowest BCUT2D eigenvalue weighted by molar-refractivity contribution is 0.262. The highest BCUT2D eigenvalue weighted by molar-refractivity contribution is 6.00. The van der Waals surface area contributed by atoms with E-state index in [-0.39, 0.29) is 6.03 Å². The van der Waals surface area contributed by atoms with Crippen LogP contribution in [0, 0.1) is 0 Å². The minimum Gasteiger partial charge on any atom is -0.495 e. The lowest BCUT2D eigenvalue weighted by Gasteiger charge is -2.12. The van der Waals surface area contributed by atoms with E-state index in [1.165, 1.54) is 7.11 Å². The molecule has 0 bridgehead atoms. The van der Waals surface area contributed by atoms with E-state index in [1.807, 2.05) is 12.1 Å². The van der Waals surface area contributed by atoms with E-state index >= 15 is 0 Å². The molecule has 6 heteroatoms. The third-order valence-electron chi connectivity index (χ3n) is 3.00. The van der Waals surface area contributed by atoms with Crippen molar-refractivity contribution in [1.82, 2.24) is 0 Å². The normalized spacial score (nSPS) is 9.77. The Morgan fingerprint density at radius 2 is 1.50 bits per heavy atom. The van der Waals surface area contributed by atoms with E-state index in [4.69, 9.17) is 14.2 Å². The summed E-state index contributed by atoms with van der Waals surface area (Å²) in [6.45, 7) is 0. The summed E-state index contributed by atoms with van der Waals surface area (Å²) in [4.78, 5) is 12.1. The zero-order chi connectivity index (χ0) is 15.9. The number of carbonyl (C=O) groups excluding carboxylic acids is 1. The van der Waals surface area contributed by atoms with E-state index in [0.29, 0.717) is 28.6 Å². The molecule has 0 radical (unpaired) electrons. The number of para-hydroxylation sites is 2. The Morgan fingerprint density at radius 1 is 0.818 bits per heavy atom. The number of urea groups is 1. The molecular formula is C16H18N2O4. The van der Waals surface area contributed by atoms with Crippen LogP contribution < -0.4 is 24.8 Å². The van der Waals surface area contributed by atoms with Gasteiger partial charge in [0.1, 0.15) is 5.75 Å². The summed E-state index contributed by atoms with van der Waals surface area (Å²) < 4.78 is 15.5. The lowest BCUT2D eigenvalue weighted by atomic mass is 10.2. The fourth-order valence-electron chi connectivity index (χ4n) is 1.95. The van der Waals surface area contributed by atoms with Crippen LogP contribution in [0.5, 0.6) is 17.2 Å². The topological polar surface area (TPSA) is 68.8 Å². The smallest absolute Gasteiger partial charge is 0.323 e. The van der Waals surface area contributed by atoms with Crippen molar-refractivity contribution < 1.29 is 19.0 Å². The van der Waals surface area contributed by atoms with E-state index in [1.54, 1.807) is 44.6 Å². The average molecular weight is 302 g/mol. The minimum atomic E-state index is -0.378. The first-order valence-corrected chi connectivity index (χ1v) is 6.61. The molecule has 0 heterocycles. The quantitative estimate of drug-likeness (QED) is 0.888. The molecule has 0 fully saturated rings. The predicted molar refractivity (Wildman–Crippen MR) is 85.2 cm³/mol. The number of carbonyl (C=O) groups is 1. The molecule has 6 nitrogen and oxygen atoms in total. The Bertz CT molecular complexity index is 658. The highest BCUT2D eigenvalue weighted by atomic mass is 16.5. The molecule has 2 N–H and O–H groups in total. The molecule has 22 heavy (non-hydrogen) atoms. The number of methoxy groups -OCH3 is 3. The maximum atomic E-state index is 12.1. The number of amides is 2. The highest BCUT2D eigenvalue weighted by Gasteiger charge is 2.09. The van der Waals surface area contributed by atoms with Gasteiger partial charge in [-0.2, -0.15) is 0 Å². The number of benzene rings is 2. The number of ether oxygens (including phenoxy) is 3. The summed E-state index contributed by atoms with van der Waals surface area (Å²) >= 11 is 0. The molecule has 116 valence electrons. The summed E-state index contributed by atoms with van der Waals surface area (Å²) in [7, 11) is 4.64. The third kappa shape index (κ3) is 3.60. The fourth-order valence-corrected chi connectivity index (χ4v) is 1.95. The first kappa shape index (κ1) is 15.5. The van der Waals surface area contributed by atoms with E-state index in [2.05, 4.69) is 10.6 Å². The summed E-state index contributed by atoms with van der Waals surface area (Å²) in [5, 5.41) is 5.46. The summed E-state index contributed by atoms with van der Waals surface area (Å²) in [5.41, 5.74) is 1.17. The van der Waals surface area contributed by atoms with Crippen molar-refractivity contribution in [2.24, 2.45) is 0 Å². The van der Waals surface area contributed by atoms with Gasteiger partial charge in [0, 0.05) is 11.8 Å². The van der Waals surface area contributed by atoms with Gasteiger partial charge in [-0.05, 0) is 24.3 Å². The van der Waals surface area contributed by atoms with Gasteiger partial charge in [0.25, 0.3) is 0 Å². The van der Waals surface area contributed by atoms with Gasteiger partial charge in [-0.25, -0.2) is 4.79 Å². The molecule has 2 amide bonds. The van der Waals surface area contributed by atoms with Crippen LogP contribution >= 0.6 is 0 Å². The zero-order valence-electron chi connectivity index (χ0n) is 12.7.